The average molecular weight is 423 g/mol. The van der Waals surface area contributed by atoms with Crippen molar-refractivity contribution in [2.24, 2.45) is 0 Å². The minimum Gasteiger partial charge on any atom is -0.444 e. The van der Waals surface area contributed by atoms with Crippen LogP contribution in [0.4, 0.5) is 9.18 Å². The lowest BCUT2D eigenvalue weighted by molar-refractivity contribution is 0.0200. The number of oxazole rings is 1. The quantitative estimate of drug-likeness (QED) is 0.544. The van der Waals surface area contributed by atoms with E-state index in [-0.39, 0.29) is 17.8 Å². The number of benzene rings is 1. The number of carbonyl (C=O) groups is 1. The second kappa shape index (κ2) is 8.49. The van der Waals surface area contributed by atoms with Crippen molar-refractivity contribution in [3.63, 3.8) is 0 Å². The number of hydrogen-bond acceptors (Lipinski definition) is 5. The molecule has 0 N–H and O–H groups in total. The first kappa shape index (κ1) is 21.0. The molecular formula is C24H26FN3O3. The number of amides is 1. The van der Waals surface area contributed by atoms with Gasteiger partial charge in [0.25, 0.3) is 0 Å². The molecule has 3 heterocycles. The van der Waals surface area contributed by atoms with Gasteiger partial charge in [-0.15, -0.1) is 0 Å². The number of likely N-dealkylation sites (tertiary alicyclic amines) is 1. The average Bonchev–Trinajstić information content (AvgIpc) is 3.19. The third-order valence-corrected chi connectivity index (χ3v) is 5.17. The van der Waals surface area contributed by atoms with E-state index in [4.69, 9.17) is 14.1 Å². The summed E-state index contributed by atoms with van der Waals surface area (Å²) < 4.78 is 25.0. The van der Waals surface area contributed by atoms with Crippen molar-refractivity contribution >= 4 is 6.09 Å². The van der Waals surface area contributed by atoms with Crippen LogP contribution in [0.5, 0.6) is 0 Å². The molecule has 0 aliphatic carbocycles. The summed E-state index contributed by atoms with van der Waals surface area (Å²) in [5.41, 5.74) is 1.60. The minimum atomic E-state index is -0.519. The first-order chi connectivity index (χ1) is 14.8. The number of rotatable bonds is 3. The summed E-state index contributed by atoms with van der Waals surface area (Å²) in [5.74, 6) is 0.972. The highest BCUT2D eigenvalue weighted by molar-refractivity contribution is 5.68. The van der Waals surface area contributed by atoms with E-state index >= 15 is 0 Å². The molecule has 31 heavy (non-hydrogen) atoms. The highest BCUT2D eigenvalue weighted by atomic mass is 19.1. The van der Waals surface area contributed by atoms with Gasteiger partial charge in [-0.25, -0.2) is 14.2 Å². The third kappa shape index (κ3) is 4.93. The Balaban J connectivity index is 1.59. The van der Waals surface area contributed by atoms with E-state index in [1.54, 1.807) is 23.2 Å². The van der Waals surface area contributed by atoms with E-state index in [2.05, 4.69) is 4.98 Å². The monoisotopic (exact) mass is 423 g/mol. The van der Waals surface area contributed by atoms with E-state index in [0.29, 0.717) is 30.2 Å². The summed E-state index contributed by atoms with van der Waals surface area (Å²) in [7, 11) is 0. The maximum atomic E-state index is 13.3. The van der Waals surface area contributed by atoms with Crippen LogP contribution < -0.4 is 0 Å². The van der Waals surface area contributed by atoms with Crippen molar-refractivity contribution in [3.05, 3.63) is 60.2 Å². The van der Waals surface area contributed by atoms with Crippen LogP contribution >= 0.6 is 0 Å². The molecule has 2 aromatic heterocycles. The molecule has 0 bridgehead atoms. The molecular weight excluding hydrogens is 397 g/mol. The van der Waals surface area contributed by atoms with Gasteiger partial charge in [-0.2, -0.15) is 0 Å². The van der Waals surface area contributed by atoms with Gasteiger partial charge in [0.15, 0.2) is 0 Å². The molecule has 1 aliphatic rings. The Morgan fingerprint density at radius 3 is 2.45 bits per heavy atom. The Bertz CT molecular complexity index is 1030. The molecule has 3 aromatic rings. The third-order valence-electron chi connectivity index (χ3n) is 5.17. The largest absolute Gasteiger partial charge is 0.444 e. The Hall–Kier alpha value is -3.22. The Morgan fingerprint density at radius 2 is 1.84 bits per heavy atom. The lowest BCUT2D eigenvalue weighted by Gasteiger charge is -2.32. The number of nitrogens with zero attached hydrogens (tertiary/aromatic N) is 3. The lowest BCUT2D eigenvalue weighted by Crippen LogP contribution is -2.41. The van der Waals surface area contributed by atoms with Crippen LogP contribution in [0.15, 0.2) is 53.1 Å². The molecule has 0 saturated carbocycles. The van der Waals surface area contributed by atoms with E-state index in [0.717, 1.165) is 24.3 Å². The SMILES string of the molecule is CC(C)(C)OC(=O)N1CCC(c2oc(-c3ccc(F)cc3)nc2-c2ccccn2)CC1. The first-order valence-corrected chi connectivity index (χ1v) is 10.5. The number of carbonyl (C=O) groups excluding carboxylic acids is 1. The highest BCUT2D eigenvalue weighted by Crippen LogP contribution is 2.37. The topological polar surface area (TPSA) is 68.5 Å². The summed E-state index contributed by atoms with van der Waals surface area (Å²) in [6.07, 6.45) is 2.89. The van der Waals surface area contributed by atoms with Crippen LogP contribution in [0, 0.1) is 5.82 Å². The van der Waals surface area contributed by atoms with E-state index in [9.17, 15) is 9.18 Å². The van der Waals surface area contributed by atoms with Gasteiger partial charge in [0.05, 0.1) is 5.69 Å². The predicted molar refractivity (Wildman–Crippen MR) is 115 cm³/mol. The number of hydrogen-bond donors (Lipinski definition) is 0. The molecule has 1 amide bonds. The van der Waals surface area contributed by atoms with E-state index in [1.165, 1.54) is 12.1 Å². The summed E-state index contributed by atoms with van der Waals surface area (Å²) in [6, 6.07) is 11.7. The zero-order valence-corrected chi connectivity index (χ0v) is 18.0. The van der Waals surface area contributed by atoms with Crippen LogP contribution in [-0.2, 0) is 4.74 Å². The summed E-state index contributed by atoms with van der Waals surface area (Å²) >= 11 is 0. The molecule has 7 heteroatoms. The van der Waals surface area contributed by atoms with Gasteiger partial charge < -0.3 is 14.1 Å². The van der Waals surface area contributed by atoms with Gasteiger partial charge in [-0.3, -0.25) is 4.98 Å². The first-order valence-electron chi connectivity index (χ1n) is 10.5. The smallest absolute Gasteiger partial charge is 0.410 e. The van der Waals surface area contributed by atoms with Crippen molar-refractivity contribution in [3.8, 4) is 22.8 Å². The zero-order valence-electron chi connectivity index (χ0n) is 18.0. The molecule has 1 aromatic carbocycles. The molecule has 1 aliphatic heterocycles. The zero-order chi connectivity index (χ0) is 22.0. The second-order valence-corrected chi connectivity index (χ2v) is 8.70. The fourth-order valence-electron chi connectivity index (χ4n) is 3.66. The maximum absolute atomic E-state index is 13.3. The standard InChI is InChI=1S/C24H26FN3O3/c1-24(2,3)31-23(29)28-14-11-16(12-15-28)21-20(19-6-4-5-13-26-19)27-22(30-21)17-7-9-18(25)10-8-17/h4-10,13,16H,11-12,14-15H2,1-3H3. The molecule has 0 radical (unpaired) electrons. The number of aromatic nitrogens is 2. The molecule has 1 fully saturated rings. The van der Waals surface area contributed by atoms with Gasteiger partial charge in [0, 0.05) is 30.8 Å². The fourth-order valence-corrected chi connectivity index (χ4v) is 3.66. The Labute approximate surface area is 181 Å². The molecule has 4 rings (SSSR count). The number of piperidine rings is 1. The van der Waals surface area contributed by atoms with Gasteiger partial charge in [-0.1, -0.05) is 6.07 Å². The molecule has 6 nitrogen and oxygen atoms in total. The van der Waals surface area contributed by atoms with Crippen LogP contribution in [0.3, 0.4) is 0 Å². The van der Waals surface area contributed by atoms with Gasteiger partial charge in [0.1, 0.15) is 22.9 Å². The number of pyridine rings is 1. The molecule has 0 spiro atoms. The predicted octanol–water partition coefficient (Wildman–Crippen LogP) is 5.66. The number of halogens is 1. The van der Waals surface area contributed by atoms with Crippen molar-refractivity contribution < 1.29 is 18.3 Å². The highest BCUT2D eigenvalue weighted by Gasteiger charge is 2.31. The van der Waals surface area contributed by atoms with Crippen LogP contribution in [0.2, 0.25) is 0 Å². The van der Waals surface area contributed by atoms with Crippen molar-refractivity contribution in [1.82, 2.24) is 14.9 Å². The van der Waals surface area contributed by atoms with E-state index < -0.39 is 5.60 Å². The Kier molecular flexibility index (Phi) is 5.76. The number of ether oxygens (including phenoxy) is 1. The Morgan fingerprint density at radius 1 is 1.13 bits per heavy atom. The maximum Gasteiger partial charge on any atom is 0.410 e. The van der Waals surface area contributed by atoms with Crippen molar-refractivity contribution in [1.29, 1.82) is 0 Å². The van der Waals surface area contributed by atoms with Crippen molar-refractivity contribution in [2.75, 3.05) is 13.1 Å². The fraction of sp³-hybridized carbons (Fsp3) is 0.375. The molecule has 0 atom stereocenters. The van der Waals surface area contributed by atoms with Gasteiger partial charge in [-0.05, 0) is 70.0 Å². The lowest BCUT2D eigenvalue weighted by atomic mass is 9.92. The molecule has 162 valence electrons. The van der Waals surface area contributed by atoms with Gasteiger partial charge >= 0.3 is 6.09 Å². The van der Waals surface area contributed by atoms with Crippen LogP contribution in [-0.4, -0.2) is 39.7 Å². The summed E-state index contributed by atoms with van der Waals surface area (Å²) in [6.45, 7) is 6.74. The van der Waals surface area contributed by atoms with E-state index in [1.807, 2.05) is 39.0 Å². The summed E-state index contributed by atoms with van der Waals surface area (Å²) in [4.78, 5) is 23.3. The molecule has 1 saturated heterocycles. The summed E-state index contributed by atoms with van der Waals surface area (Å²) in [5, 5.41) is 0. The minimum absolute atomic E-state index is 0.0948. The van der Waals surface area contributed by atoms with Crippen LogP contribution in [0.25, 0.3) is 22.8 Å². The van der Waals surface area contributed by atoms with Crippen LogP contribution in [0.1, 0.15) is 45.3 Å². The molecule has 0 unspecified atom stereocenters. The van der Waals surface area contributed by atoms with Crippen molar-refractivity contribution in [2.45, 2.75) is 45.1 Å². The second-order valence-electron chi connectivity index (χ2n) is 8.70. The van der Waals surface area contributed by atoms with Gasteiger partial charge in [0.2, 0.25) is 5.89 Å². The normalized spacial score (nSPS) is 15.2.